The molecule has 1 aromatic rings. The third kappa shape index (κ3) is 2.71. The number of fused-ring (bicyclic) bond motifs is 1. The van der Waals surface area contributed by atoms with Gasteiger partial charge in [0.2, 0.25) is 11.8 Å². The van der Waals surface area contributed by atoms with Crippen molar-refractivity contribution in [2.75, 3.05) is 18.0 Å². The number of hydrogen-bond acceptors (Lipinski definition) is 4. The smallest absolute Gasteiger partial charge is 0.249 e. The van der Waals surface area contributed by atoms with Gasteiger partial charge in [0.15, 0.2) is 0 Å². The molecule has 5 nitrogen and oxygen atoms in total. The van der Waals surface area contributed by atoms with E-state index in [0.717, 1.165) is 19.5 Å². The van der Waals surface area contributed by atoms with Gasteiger partial charge < -0.3 is 10.2 Å². The average molecular weight is 327 g/mol. The van der Waals surface area contributed by atoms with Crippen molar-refractivity contribution < 1.29 is 9.59 Å². The zero-order chi connectivity index (χ0) is 16.7. The number of piperidine rings is 2. The second kappa shape index (κ2) is 6.20. The van der Waals surface area contributed by atoms with E-state index in [9.17, 15) is 9.59 Å². The Hall–Kier alpha value is -1.88. The highest BCUT2D eigenvalue weighted by Crippen LogP contribution is 2.38. The van der Waals surface area contributed by atoms with E-state index in [1.807, 2.05) is 0 Å². The summed E-state index contributed by atoms with van der Waals surface area (Å²) in [6.07, 6.45) is 4.43. The van der Waals surface area contributed by atoms with Crippen LogP contribution in [0.5, 0.6) is 0 Å². The van der Waals surface area contributed by atoms with Crippen molar-refractivity contribution in [2.24, 2.45) is 0 Å². The zero-order valence-electron chi connectivity index (χ0n) is 14.2. The first kappa shape index (κ1) is 15.6. The van der Waals surface area contributed by atoms with Gasteiger partial charge in [-0.1, -0.05) is 12.1 Å². The topological polar surface area (TPSA) is 61.4 Å². The van der Waals surface area contributed by atoms with E-state index in [-0.39, 0.29) is 17.9 Å². The fraction of sp³-hybridized carbons (Fsp3) is 0.579. The predicted molar refractivity (Wildman–Crippen MR) is 93.1 cm³/mol. The minimum absolute atomic E-state index is 0.145. The lowest BCUT2D eigenvalue weighted by Gasteiger charge is -2.35. The van der Waals surface area contributed by atoms with E-state index in [2.05, 4.69) is 40.7 Å². The van der Waals surface area contributed by atoms with Crippen LogP contribution in [0.25, 0.3) is 0 Å². The molecule has 0 aromatic heterocycles. The first-order valence-corrected chi connectivity index (χ1v) is 9.09. The first-order valence-electron chi connectivity index (χ1n) is 9.09. The second-order valence-electron chi connectivity index (χ2n) is 7.34. The molecule has 2 unspecified atom stereocenters. The maximum absolute atomic E-state index is 12.3. The molecule has 0 saturated carbocycles. The van der Waals surface area contributed by atoms with Crippen LogP contribution < -0.4 is 15.5 Å². The number of rotatable bonds is 2. The van der Waals surface area contributed by atoms with E-state index in [0.29, 0.717) is 24.8 Å². The monoisotopic (exact) mass is 327 g/mol. The summed E-state index contributed by atoms with van der Waals surface area (Å²) in [5.41, 5.74) is 3.96. The fourth-order valence-electron chi connectivity index (χ4n) is 4.51. The molecule has 128 valence electrons. The molecule has 2 N–H and O–H groups in total. The number of benzene rings is 1. The third-order valence-electron chi connectivity index (χ3n) is 5.73. The Kier molecular flexibility index (Phi) is 4.04. The molecule has 3 aliphatic heterocycles. The van der Waals surface area contributed by atoms with Crippen molar-refractivity contribution in [3.05, 3.63) is 29.3 Å². The minimum Gasteiger partial charge on any atom is -0.356 e. The fourth-order valence-corrected chi connectivity index (χ4v) is 4.51. The van der Waals surface area contributed by atoms with Crippen LogP contribution in [0.2, 0.25) is 0 Å². The van der Waals surface area contributed by atoms with Crippen molar-refractivity contribution in [1.82, 2.24) is 10.6 Å². The SMILES string of the molecule is CC1Cc2cc(C3CCNCC3)ccc2N1C1CCC(=O)NC1=O. The van der Waals surface area contributed by atoms with Crippen molar-refractivity contribution in [2.45, 2.75) is 57.0 Å². The van der Waals surface area contributed by atoms with Crippen molar-refractivity contribution in [1.29, 1.82) is 0 Å². The van der Waals surface area contributed by atoms with Crippen LogP contribution in [-0.4, -0.2) is 37.0 Å². The lowest BCUT2D eigenvalue weighted by atomic mass is 9.89. The van der Waals surface area contributed by atoms with Crippen LogP contribution in [0, 0.1) is 0 Å². The summed E-state index contributed by atoms with van der Waals surface area (Å²) in [6, 6.07) is 6.87. The number of carbonyl (C=O) groups excluding carboxylic acids is 2. The summed E-state index contributed by atoms with van der Waals surface area (Å²) in [5.74, 6) is 0.356. The van der Waals surface area contributed by atoms with E-state index in [1.165, 1.54) is 29.7 Å². The molecule has 0 radical (unpaired) electrons. The van der Waals surface area contributed by atoms with E-state index in [4.69, 9.17) is 0 Å². The van der Waals surface area contributed by atoms with Gasteiger partial charge >= 0.3 is 0 Å². The molecule has 1 aromatic carbocycles. The number of carbonyl (C=O) groups is 2. The van der Waals surface area contributed by atoms with Gasteiger partial charge in [0.1, 0.15) is 6.04 Å². The van der Waals surface area contributed by atoms with Gasteiger partial charge in [-0.15, -0.1) is 0 Å². The zero-order valence-corrected chi connectivity index (χ0v) is 14.2. The molecular weight excluding hydrogens is 302 g/mol. The molecule has 24 heavy (non-hydrogen) atoms. The van der Waals surface area contributed by atoms with Crippen molar-refractivity contribution in [3.63, 3.8) is 0 Å². The van der Waals surface area contributed by atoms with Gasteiger partial charge in [-0.25, -0.2) is 0 Å². The average Bonchev–Trinajstić information content (AvgIpc) is 2.91. The van der Waals surface area contributed by atoms with Crippen LogP contribution in [-0.2, 0) is 16.0 Å². The third-order valence-corrected chi connectivity index (χ3v) is 5.73. The van der Waals surface area contributed by atoms with Gasteiger partial charge in [-0.05, 0) is 68.8 Å². The molecule has 2 fully saturated rings. The number of amides is 2. The Morgan fingerprint density at radius 1 is 1.12 bits per heavy atom. The van der Waals surface area contributed by atoms with Crippen molar-refractivity contribution in [3.8, 4) is 0 Å². The molecule has 5 heteroatoms. The molecule has 0 spiro atoms. The van der Waals surface area contributed by atoms with Crippen LogP contribution in [0.4, 0.5) is 5.69 Å². The summed E-state index contributed by atoms with van der Waals surface area (Å²) in [7, 11) is 0. The maximum atomic E-state index is 12.3. The highest BCUT2D eigenvalue weighted by molar-refractivity contribution is 6.02. The number of nitrogens with one attached hydrogen (secondary N) is 2. The Balaban J connectivity index is 1.59. The van der Waals surface area contributed by atoms with Crippen LogP contribution >= 0.6 is 0 Å². The van der Waals surface area contributed by atoms with E-state index >= 15 is 0 Å². The summed E-state index contributed by atoms with van der Waals surface area (Å²) < 4.78 is 0. The molecule has 2 amide bonds. The normalized spacial score (nSPS) is 28.0. The minimum atomic E-state index is -0.219. The van der Waals surface area contributed by atoms with E-state index in [1.54, 1.807) is 0 Å². The molecule has 4 rings (SSSR count). The summed E-state index contributed by atoms with van der Waals surface area (Å²) in [4.78, 5) is 25.9. The van der Waals surface area contributed by atoms with Crippen LogP contribution in [0.1, 0.15) is 49.7 Å². The highest BCUT2D eigenvalue weighted by Gasteiger charge is 2.38. The molecular formula is C19H25N3O2. The lowest BCUT2D eigenvalue weighted by Crippen LogP contribution is -2.54. The number of imide groups is 1. The molecule has 2 atom stereocenters. The largest absolute Gasteiger partial charge is 0.356 e. The Morgan fingerprint density at radius 3 is 2.67 bits per heavy atom. The second-order valence-corrected chi connectivity index (χ2v) is 7.34. The highest BCUT2D eigenvalue weighted by atomic mass is 16.2. The standard InChI is InChI=1S/C19H25N3O2/c1-12-10-15-11-14(13-6-8-20-9-7-13)2-3-16(15)22(12)17-4-5-18(23)21-19(17)24/h2-3,11-13,17,20H,4-10H2,1H3,(H,21,23,24). The van der Waals surface area contributed by atoms with Crippen LogP contribution in [0.3, 0.4) is 0 Å². The summed E-state index contributed by atoms with van der Waals surface area (Å²) in [6.45, 7) is 4.37. The Morgan fingerprint density at radius 2 is 1.92 bits per heavy atom. The number of hydrogen-bond donors (Lipinski definition) is 2. The Labute approximate surface area is 142 Å². The maximum Gasteiger partial charge on any atom is 0.249 e. The van der Waals surface area contributed by atoms with Gasteiger partial charge in [0, 0.05) is 18.2 Å². The summed E-state index contributed by atoms with van der Waals surface area (Å²) >= 11 is 0. The summed E-state index contributed by atoms with van der Waals surface area (Å²) in [5, 5.41) is 5.92. The predicted octanol–water partition coefficient (Wildman–Crippen LogP) is 1.71. The van der Waals surface area contributed by atoms with Gasteiger partial charge in [0.25, 0.3) is 0 Å². The van der Waals surface area contributed by atoms with Crippen LogP contribution in [0.15, 0.2) is 18.2 Å². The molecule has 3 aliphatic rings. The molecule has 2 saturated heterocycles. The lowest BCUT2D eigenvalue weighted by molar-refractivity contribution is -0.134. The number of anilines is 1. The molecule has 3 heterocycles. The first-order chi connectivity index (χ1) is 11.6. The number of nitrogens with zero attached hydrogens (tertiary/aromatic N) is 1. The quantitative estimate of drug-likeness (QED) is 0.812. The van der Waals surface area contributed by atoms with Gasteiger partial charge in [-0.2, -0.15) is 0 Å². The molecule has 0 aliphatic carbocycles. The van der Waals surface area contributed by atoms with Gasteiger partial charge in [0.05, 0.1) is 0 Å². The Bertz CT molecular complexity index is 667. The molecule has 0 bridgehead atoms. The van der Waals surface area contributed by atoms with Crippen molar-refractivity contribution >= 4 is 17.5 Å². The van der Waals surface area contributed by atoms with E-state index < -0.39 is 0 Å². The van der Waals surface area contributed by atoms with Gasteiger partial charge in [-0.3, -0.25) is 14.9 Å².